The molecule has 0 fully saturated rings. The summed E-state index contributed by atoms with van der Waals surface area (Å²) in [7, 11) is 0. The molecule has 2 amide bonds. The molecule has 0 aliphatic rings. The molecule has 134 valence electrons. The Labute approximate surface area is 142 Å². The molecule has 1 aromatic heterocycles. The first-order valence-electron chi connectivity index (χ1n) is 7.44. The molecule has 25 heavy (non-hydrogen) atoms. The number of carbonyl (C=O) groups excluding carboxylic acids is 2. The Morgan fingerprint density at radius 1 is 1.20 bits per heavy atom. The van der Waals surface area contributed by atoms with Crippen LogP contribution < -0.4 is 10.6 Å². The van der Waals surface area contributed by atoms with Crippen molar-refractivity contribution in [3.63, 3.8) is 0 Å². The summed E-state index contributed by atoms with van der Waals surface area (Å²) in [6.45, 7) is 4.74. The summed E-state index contributed by atoms with van der Waals surface area (Å²) in [5, 5.41) is 8.63. The highest BCUT2D eigenvalue weighted by molar-refractivity contribution is 5.95. The molecule has 2 N–H and O–H groups in total. The second-order valence-corrected chi connectivity index (χ2v) is 5.54. The fourth-order valence-corrected chi connectivity index (χ4v) is 2.28. The highest BCUT2D eigenvalue weighted by Crippen LogP contribution is 2.19. The standard InChI is InChI=1S/C16H17F3N4O2/c1-8-6-9(2)23(22-8)10(3)16(25)20-7-13(24)21-12-5-4-11(17)14(18)15(12)19/h4-6,10H,7H2,1-3H3,(H,20,25)(H,21,24)/t10-/m1/s1. The van der Waals surface area contributed by atoms with Gasteiger partial charge < -0.3 is 10.6 Å². The van der Waals surface area contributed by atoms with Gasteiger partial charge in [-0.1, -0.05) is 0 Å². The van der Waals surface area contributed by atoms with Crippen LogP contribution in [0, 0.1) is 31.3 Å². The summed E-state index contributed by atoms with van der Waals surface area (Å²) in [6.07, 6.45) is 0. The molecule has 6 nitrogen and oxygen atoms in total. The number of carbonyl (C=O) groups is 2. The summed E-state index contributed by atoms with van der Waals surface area (Å²) >= 11 is 0. The van der Waals surface area contributed by atoms with Crippen LogP contribution in [0.15, 0.2) is 18.2 Å². The molecule has 2 rings (SSSR count). The molecule has 0 unspecified atom stereocenters. The Balaban J connectivity index is 1.95. The number of anilines is 1. The monoisotopic (exact) mass is 354 g/mol. The number of hydrogen-bond acceptors (Lipinski definition) is 3. The number of aromatic nitrogens is 2. The number of nitrogens with zero attached hydrogens (tertiary/aromatic N) is 2. The maximum Gasteiger partial charge on any atom is 0.245 e. The lowest BCUT2D eigenvalue weighted by atomic mass is 10.2. The van der Waals surface area contributed by atoms with Gasteiger partial charge in [0.15, 0.2) is 17.5 Å². The zero-order valence-corrected chi connectivity index (χ0v) is 13.9. The van der Waals surface area contributed by atoms with Crippen LogP contribution in [-0.2, 0) is 9.59 Å². The normalized spacial score (nSPS) is 11.9. The molecule has 9 heteroatoms. The fraction of sp³-hybridized carbons (Fsp3) is 0.312. The maximum absolute atomic E-state index is 13.5. The number of amides is 2. The van der Waals surface area contributed by atoms with Crippen molar-refractivity contribution < 1.29 is 22.8 Å². The minimum Gasteiger partial charge on any atom is -0.345 e. The largest absolute Gasteiger partial charge is 0.345 e. The minimum atomic E-state index is -1.68. The zero-order valence-electron chi connectivity index (χ0n) is 13.9. The number of halogens is 3. The summed E-state index contributed by atoms with van der Waals surface area (Å²) in [5.41, 5.74) is 1.03. The summed E-state index contributed by atoms with van der Waals surface area (Å²) in [5.74, 6) is -5.79. The first kappa shape index (κ1) is 18.5. The van der Waals surface area contributed by atoms with Crippen molar-refractivity contribution in [1.29, 1.82) is 0 Å². The van der Waals surface area contributed by atoms with E-state index < -0.39 is 47.5 Å². The van der Waals surface area contributed by atoms with Crippen molar-refractivity contribution in [1.82, 2.24) is 15.1 Å². The van der Waals surface area contributed by atoms with Gasteiger partial charge in [0.2, 0.25) is 11.8 Å². The molecule has 0 aliphatic carbocycles. The number of aryl methyl sites for hydroxylation is 2. The van der Waals surface area contributed by atoms with Gasteiger partial charge in [0, 0.05) is 5.69 Å². The molecule has 1 aromatic carbocycles. The van der Waals surface area contributed by atoms with E-state index in [1.807, 2.05) is 6.07 Å². The van der Waals surface area contributed by atoms with Gasteiger partial charge in [0.25, 0.3) is 0 Å². The van der Waals surface area contributed by atoms with Crippen molar-refractivity contribution in [2.24, 2.45) is 0 Å². The maximum atomic E-state index is 13.5. The lowest BCUT2D eigenvalue weighted by molar-refractivity contribution is -0.126. The zero-order chi connectivity index (χ0) is 18.7. The summed E-state index contributed by atoms with van der Waals surface area (Å²) < 4.78 is 41.0. The predicted octanol–water partition coefficient (Wildman–Crippen LogP) is 2.23. The van der Waals surface area contributed by atoms with E-state index in [4.69, 9.17) is 0 Å². The molecule has 0 radical (unpaired) electrons. The fourth-order valence-electron chi connectivity index (χ4n) is 2.28. The van der Waals surface area contributed by atoms with Crippen molar-refractivity contribution in [2.75, 3.05) is 11.9 Å². The lowest BCUT2D eigenvalue weighted by Crippen LogP contribution is -2.37. The minimum absolute atomic E-state index is 0.457. The van der Waals surface area contributed by atoms with Gasteiger partial charge in [0.05, 0.1) is 17.9 Å². The van der Waals surface area contributed by atoms with Crippen LogP contribution >= 0.6 is 0 Å². The third-order valence-corrected chi connectivity index (χ3v) is 3.52. The SMILES string of the molecule is Cc1cc(C)n([C@H](C)C(=O)NCC(=O)Nc2ccc(F)c(F)c2F)n1. The van der Waals surface area contributed by atoms with E-state index in [0.717, 1.165) is 17.5 Å². The third-order valence-electron chi connectivity index (χ3n) is 3.52. The Bertz CT molecular complexity index is 820. The molecular weight excluding hydrogens is 337 g/mol. The Kier molecular flexibility index (Phi) is 5.45. The lowest BCUT2D eigenvalue weighted by Gasteiger charge is -2.14. The number of rotatable bonds is 5. The second-order valence-electron chi connectivity index (χ2n) is 5.54. The van der Waals surface area contributed by atoms with Crippen molar-refractivity contribution in [2.45, 2.75) is 26.8 Å². The Morgan fingerprint density at radius 2 is 1.88 bits per heavy atom. The summed E-state index contributed by atoms with van der Waals surface area (Å²) in [6, 6.07) is 2.74. The summed E-state index contributed by atoms with van der Waals surface area (Å²) in [4.78, 5) is 23.9. The predicted molar refractivity (Wildman–Crippen MR) is 84.4 cm³/mol. The van der Waals surface area contributed by atoms with E-state index in [1.54, 1.807) is 20.8 Å². The first-order valence-corrected chi connectivity index (χ1v) is 7.44. The van der Waals surface area contributed by atoms with Crippen LogP contribution in [0.2, 0.25) is 0 Å². The van der Waals surface area contributed by atoms with Crippen molar-refractivity contribution >= 4 is 17.5 Å². The molecule has 0 saturated carbocycles. The van der Waals surface area contributed by atoms with Crippen LogP contribution in [0.25, 0.3) is 0 Å². The Hall–Kier alpha value is -2.84. The highest BCUT2D eigenvalue weighted by atomic mass is 19.2. The first-order chi connectivity index (χ1) is 11.7. The van der Waals surface area contributed by atoms with Crippen LogP contribution in [0.1, 0.15) is 24.4 Å². The quantitative estimate of drug-likeness (QED) is 0.809. The second kappa shape index (κ2) is 7.37. The average Bonchev–Trinajstić information content (AvgIpc) is 2.90. The van der Waals surface area contributed by atoms with Gasteiger partial charge in [0.1, 0.15) is 6.04 Å². The molecule has 1 atom stereocenters. The van der Waals surface area contributed by atoms with Crippen LogP contribution in [0.4, 0.5) is 18.9 Å². The molecule has 0 saturated heterocycles. The average molecular weight is 354 g/mol. The Morgan fingerprint density at radius 3 is 2.48 bits per heavy atom. The van der Waals surface area contributed by atoms with E-state index in [9.17, 15) is 22.8 Å². The van der Waals surface area contributed by atoms with Crippen molar-refractivity contribution in [3.05, 3.63) is 47.0 Å². The van der Waals surface area contributed by atoms with Gasteiger partial charge in [-0.3, -0.25) is 14.3 Å². The molecule has 0 bridgehead atoms. The number of hydrogen-bond donors (Lipinski definition) is 2. The van der Waals surface area contributed by atoms with Gasteiger partial charge in [-0.05, 0) is 39.0 Å². The van der Waals surface area contributed by atoms with Crippen molar-refractivity contribution in [3.8, 4) is 0 Å². The third kappa shape index (κ3) is 4.17. The topological polar surface area (TPSA) is 76.0 Å². The molecular formula is C16H17F3N4O2. The van der Waals surface area contributed by atoms with E-state index in [0.29, 0.717) is 6.07 Å². The van der Waals surface area contributed by atoms with Gasteiger partial charge >= 0.3 is 0 Å². The molecule has 2 aromatic rings. The van der Waals surface area contributed by atoms with Crippen LogP contribution in [0.3, 0.4) is 0 Å². The molecule has 0 spiro atoms. The molecule has 0 aliphatic heterocycles. The van der Waals surface area contributed by atoms with E-state index in [1.165, 1.54) is 4.68 Å². The van der Waals surface area contributed by atoms with E-state index in [2.05, 4.69) is 15.7 Å². The van der Waals surface area contributed by atoms with Gasteiger partial charge in [-0.2, -0.15) is 5.10 Å². The van der Waals surface area contributed by atoms with E-state index >= 15 is 0 Å². The van der Waals surface area contributed by atoms with E-state index in [-0.39, 0.29) is 0 Å². The van der Waals surface area contributed by atoms with Gasteiger partial charge in [-0.25, -0.2) is 13.2 Å². The number of benzene rings is 1. The van der Waals surface area contributed by atoms with Crippen LogP contribution in [-0.4, -0.2) is 28.1 Å². The van der Waals surface area contributed by atoms with Crippen LogP contribution in [0.5, 0.6) is 0 Å². The van der Waals surface area contributed by atoms with Gasteiger partial charge in [-0.15, -0.1) is 0 Å². The molecule has 1 heterocycles. The highest BCUT2D eigenvalue weighted by Gasteiger charge is 2.19. The smallest absolute Gasteiger partial charge is 0.245 e. The number of nitrogens with one attached hydrogen (secondary N) is 2.